The van der Waals surface area contributed by atoms with Crippen LogP contribution in [0.25, 0.3) is 0 Å². The Balaban J connectivity index is 2.24. The molecule has 0 atom stereocenters. The molecule has 0 saturated carbocycles. The van der Waals surface area contributed by atoms with Crippen LogP contribution in [0.2, 0.25) is 0 Å². The van der Waals surface area contributed by atoms with E-state index in [1.165, 1.54) is 0 Å². The van der Waals surface area contributed by atoms with Crippen molar-refractivity contribution in [2.24, 2.45) is 0 Å². The molecule has 0 aliphatic carbocycles. The van der Waals surface area contributed by atoms with E-state index >= 15 is 0 Å². The van der Waals surface area contributed by atoms with E-state index < -0.39 is 0 Å². The lowest BCUT2D eigenvalue weighted by atomic mass is 10.3. The van der Waals surface area contributed by atoms with Gasteiger partial charge in [-0.2, -0.15) is 0 Å². The quantitative estimate of drug-likeness (QED) is 0.687. The van der Waals surface area contributed by atoms with Gasteiger partial charge in [0.05, 0.1) is 6.33 Å². The molecule has 0 fully saturated rings. The van der Waals surface area contributed by atoms with E-state index in [9.17, 15) is 0 Å². The summed E-state index contributed by atoms with van der Waals surface area (Å²) in [5.74, 6) is 0. The Bertz CT molecular complexity index is 282. The number of imidazole rings is 1. The van der Waals surface area contributed by atoms with Gasteiger partial charge in [0.2, 0.25) is 0 Å². The second-order valence-corrected chi connectivity index (χ2v) is 4.81. The molecule has 0 unspecified atom stereocenters. The lowest BCUT2D eigenvalue weighted by Crippen LogP contribution is -2.37. The molecule has 1 rings (SSSR count). The minimum absolute atomic E-state index is 0.627. The monoisotopic (exact) mass is 238 g/mol. The van der Waals surface area contributed by atoms with E-state index in [0.717, 1.165) is 32.7 Å². The van der Waals surface area contributed by atoms with Gasteiger partial charge in [0.15, 0.2) is 0 Å². The Morgan fingerprint density at radius 2 is 2.00 bits per heavy atom. The summed E-state index contributed by atoms with van der Waals surface area (Å²) in [6.07, 6.45) is 5.74. The zero-order valence-electron chi connectivity index (χ0n) is 11.6. The molecule has 0 amide bonds. The molecule has 0 radical (unpaired) electrons. The molecular formula is C13H26N4. The fraction of sp³-hybridized carbons (Fsp3) is 0.769. The Hall–Kier alpha value is -0.870. The van der Waals surface area contributed by atoms with Crippen LogP contribution in [0.5, 0.6) is 0 Å². The molecule has 98 valence electrons. The molecule has 0 aliphatic heterocycles. The SMILES string of the molecule is CCN(CCN(C)C(C)C)CCn1ccnc1. The third-order valence-corrected chi connectivity index (χ3v) is 3.33. The molecule has 1 heterocycles. The highest BCUT2D eigenvalue weighted by atomic mass is 15.2. The van der Waals surface area contributed by atoms with Crippen molar-refractivity contribution in [2.75, 3.05) is 33.2 Å². The summed E-state index contributed by atoms with van der Waals surface area (Å²) in [7, 11) is 2.19. The zero-order valence-corrected chi connectivity index (χ0v) is 11.6. The van der Waals surface area contributed by atoms with Crippen LogP contribution in [0.4, 0.5) is 0 Å². The molecule has 0 saturated heterocycles. The number of hydrogen-bond donors (Lipinski definition) is 0. The predicted molar refractivity (Wildman–Crippen MR) is 72.1 cm³/mol. The largest absolute Gasteiger partial charge is 0.336 e. The van der Waals surface area contributed by atoms with Crippen LogP contribution in [0.3, 0.4) is 0 Å². The van der Waals surface area contributed by atoms with Gasteiger partial charge < -0.3 is 14.4 Å². The molecule has 4 heteroatoms. The lowest BCUT2D eigenvalue weighted by Gasteiger charge is -2.26. The van der Waals surface area contributed by atoms with Crippen molar-refractivity contribution < 1.29 is 0 Å². The molecule has 0 spiro atoms. The molecule has 0 aromatic carbocycles. The van der Waals surface area contributed by atoms with Gasteiger partial charge in [0.25, 0.3) is 0 Å². The number of nitrogens with zero attached hydrogens (tertiary/aromatic N) is 4. The van der Waals surface area contributed by atoms with Crippen molar-refractivity contribution in [3.63, 3.8) is 0 Å². The Labute approximate surface area is 105 Å². The minimum Gasteiger partial charge on any atom is -0.336 e. The van der Waals surface area contributed by atoms with Gasteiger partial charge in [-0.05, 0) is 27.4 Å². The number of hydrogen-bond acceptors (Lipinski definition) is 3. The zero-order chi connectivity index (χ0) is 12.7. The second-order valence-electron chi connectivity index (χ2n) is 4.81. The number of aromatic nitrogens is 2. The Morgan fingerprint density at radius 1 is 1.24 bits per heavy atom. The number of likely N-dealkylation sites (N-methyl/N-ethyl adjacent to an activating group) is 2. The van der Waals surface area contributed by atoms with Crippen molar-refractivity contribution >= 4 is 0 Å². The van der Waals surface area contributed by atoms with E-state index in [-0.39, 0.29) is 0 Å². The van der Waals surface area contributed by atoms with Gasteiger partial charge in [0.1, 0.15) is 0 Å². The van der Waals surface area contributed by atoms with Gasteiger partial charge in [-0.3, -0.25) is 0 Å². The van der Waals surface area contributed by atoms with Crippen molar-refractivity contribution in [3.8, 4) is 0 Å². The molecule has 0 N–H and O–H groups in total. The molecule has 1 aromatic rings. The van der Waals surface area contributed by atoms with Gasteiger partial charge in [0, 0.05) is 44.6 Å². The molecule has 0 aliphatic rings. The molecule has 17 heavy (non-hydrogen) atoms. The van der Waals surface area contributed by atoms with Crippen LogP contribution in [0, 0.1) is 0 Å². The van der Waals surface area contributed by atoms with Crippen molar-refractivity contribution in [1.29, 1.82) is 0 Å². The first kappa shape index (κ1) is 14.2. The summed E-state index contributed by atoms with van der Waals surface area (Å²) in [5.41, 5.74) is 0. The van der Waals surface area contributed by atoms with Gasteiger partial charge in [-0.25, -0.2) is 4.98 Å². The summed E-state index contributed by atoms with van der Waals surface area (Å²) >= 11 is 0. The fourth-order valence-corrected chi connectivity index (χ4v) is 1.66. The van der Waals surface area contributed by atoms with Crippen molar-refractivity contribution in [1.82, 2.24) is 19.4 Å². The minimum atomic E-state index is 0.627. The lowest BCUT2D eigenvalue weighted by molar-refractivity contribution is 0.204. The highest BCUT2D eigenvalue weighted by Crippen LogP contribution is 1.96. The van der Waals surface area contributed by atoms with E-state index in [1.807, 2.05) is 18.7 Å². The van der Waals surface area contributed by atoms with Crippen LogP contribution < -0.4 is 0 Å². The molecule has 1 aromatic heterocycles. The standard InChI is InChI=1S/C13H26N4/c1-5-16(9-8-15(4)13(2)3)10-11-17-7-6-14-12-17/h6-7,12-13H,5,8-11H2,1-4H3. The van der Waals surface area contributed by atoms with Crippen LogP contribution in [0.1, 0.15) is 20.8 Å². The molecule has 0 bridgehead atoms. The third-order valence-electron chi connectivity index (χ3n) is 3.33. The van der Waals surface area contributed by atoms with Crippen molar-refractivity contribution in [3.05, 3.63) is 18.7 Å². The fourth-order valence-electron chi connectivity index (χ4n) is 1.66. The summed E-state index contributed by atoms with van der Waals surface area (Å²) < 4.78 is 2.13. The van der Waals surface area contributed by atoms with Gasteiger partial charge in [-0.1, -0.05) is 6.92 Å². The van der Waals surface area contributed by atoms with E-state index in [1.54, 1.807) is 0 Å². The van der Waals surface area contributed by atoms with Crippen LogP contribution in [-0.4, -0.2) is 58.6 Å². The summed E-state index contributed by atoms with van der Waals surface area (Å²) in [6, 6.07) is 0.627. The Morgan fingerprint density at radius 3 is 2.53 bits per heavy atom. The van der Waals surface area contributed by atoms with E-state index in [0.29, 0.717) is 6.04 Å². The predicted octanol–water partition coefficient (Wildman–Crippen LogP) is 1.55. The number of rotatable bonds is 8. The normalized spacial score (nSPS) is 11.9. The topological polar surface area (TPSA) is 24.3 Å². The Kier molecular flexibility index (Phi) is 6.22. The van der Waals surface area contributed by atoms with Gasteiger partial charge in [-0.15, -0.1) is 0 Å². The smallest absolute Gasteiger partial charge is 0.0946 e. The first-order valence-electron chi connectivity index (χ1n) is 6.51. The average molecular weight is 238 g/mol. The second kappa shape index (κ2) is 7.45. The van der Waals surface area contributed by atoms with E-state index in [2.05, 4.69) is 47.2 Å². The maximum Gasteiger partial charge on any atom is 0.0946 e. The van der Waals surface area contributed by atoms with E-state index in [4.69, 9.17) is 0 Å². The summed E-state index contributed by atoms with van der Waals surface area (Å²) in [6.45, 7) is 12.2. The average Bonchev–Trinajstić information content (AvgIpc) is 2.81. The highest BCUT2D eigenvalue weighted by molar-refractivity contribution is 4.74. The van der Waals surface area contributed by atoms with Crippen LogP contribution in [0.15, 0.2) is 18.7 Å². The first-order chi connectivity index (χ1) is 8.13. The summed E-state index contributed by atoms with van der Waals surface area (Å²) in [5, 5.41) is 0. The summed E-state index contributed by atoms with van der Waals surface area (Å²) in [4.78, 5) is 8.93. The van der Waals surface area contributed by atoms with Gasteiger partial charge >= 0.3 is 0 Å². The first-order valence-corrected chi connectivity index (χ1v) is 6.51. The maximum atomic E-state index is 4.06. The highest BCUT2D eigenvalue weighted by Gasteiger charge is 2.06. The van der Waals surface area contributed by atoms with Crippen LogP contribution >= 0.6 is 0 Å². The molecule has 4 nitrogen and oxygen atoms in total. The van der Waals surface area contributed by atoms with Crippen molar-refractivity contribution in [2.45, 2.75) is 33.4 Å². The van der Waals surface area contributed by atoms with Crippen LogP contribution in [-0.2, 0) is 6.54 Å². The molecular weight excluding hydrogens is 212 g/mol. The maximum absolute atomic E-state index is 4.06. The third kappa shape index (κ3) is 5.33.